The van der Waals surface area contributed by atoms with E-state index in [9.17, 15) is 14.9 Å². The molecule has 1 amide bonds. The zero-order valence-corrected chi connectivity index (χ0v) is 16.2. The summed E-state index contributed by atoms with van der Waals surface area (Å²) in [5, 5.41) is 13.4. The molecule has 2 aromatic rings. The van der Waals surface area contributed by atoms with Gasteiger partial charge in [0.15, 0.2) is 0 Å². The molecule has 0 unspecified atom stereocenters. The number of rotatable bonds is 3. The molecule has 1 aromatic heterocycles. The summed E-state index contributed by atoms with van der Waals surface area (Å²) in [7, 11) is 0. The van der Waals surface area contributed by atoms with Gasteiger partial charge in [-0.2, -0.15) is 0 Å². The molecule has 2 aliphatic rings. The zero-order valence-electron chi connectivity index (χ0n) is 15.3. The van der Waals surface area contributed by atoms with Crippen LogP contribution < -0.4 is 4.90 Å². The lowest BCUT2D eigenvalue weighted by molar-refractivity contribution is -0.384. The number of nitro groups is 1. The second-order valence-electron chi connectivity index (χ2n) is 7.26. The minimum Gasteiger partial charge on any atom is -0.366 e. The van der Waals surface area contributed by atoms with Crippen LogP contribution in [0.5, 0.6) is 0 Å². The van der Waals surface area contributed by atoms with Crippen molar-refractivity contribution in [2.75, 3.05) is 24.5 Å². The van der Waals surface area contributed by atoms with Crippen molar-refractivity contribution in [1.82, 2.24) is 4.90 Å². The molecule has 0 saturated carbocycles. The van der Waals surface area contributed by atoms with Crippen molar-refractivity contribution in [1.29, 1.82) is 0 Å². The van der Waals surface area contributed by atoms with Gasteiger partial charge in [-0.05, 0) is 49.3 Å². The molecule has 0 N–H and O–H groups in total. The van der Waals surface area contributed by atoms with Crippen LogP contribution >= 0.6 is 11.3 Å². The second kappa shape index (κ2) is 7.31. The van der Waals surface area contributed by atoms with Gasteiger partial charge in [-0.1, -0.05) is 12.1 Å². The number of nitro benzene ring substituents is 1. The van der Waals surface area contributed by atoms with E-state index in [1.165, 1.54) is 10.4 Å². The highest BCUT2D eigenvalue weighted by Crippen LogP contribution is 2.36. The maximum Gasteiger partial charge on any atom is 0.292 e. The summed E-state index contributed by atoms with van der Waals surface area (Å²) < 4.78 is 0. The summed E-state index contributed by atoms with van der Waals surface area (Å²) in [6, 6.07) is 9.13. The number of benzene rings is 1. The Labute approximate surface area is 162 Å². The van der Waals surface area contributed by atoms with Crippen molar-refractivity contribution in [2.24, 2.45) is 5.92 Å². The summed E-state index contributed by atoms with van der Waals surface area (Å²) in [5.41, 5.74) is 2.08. The van der Waals surface area contributed by atoms with Crippen molar-refractivity contribution in [3.63, 3.8) is 0 Å². The first-order chi connectivity index (χ1) is 13.1. The van der Waals surface area contributed by atoms with Crippen LogP contribution in [0.1, 0.15) is 36.2 Å². The molecule has 4 rings (SSSR count). The number of hydrogen-bond donors (Lipinski definition) is 0. The van der Waals surface area contributed by atoms with Crippen LogP contribution in [0, 0.1) is 16.0 Å². The van der Waals surface area contributed by atoms with Crippen LogP contribution in [0.2, 0.25) is 0 Å². The first kappa shape index (κ1) is 18.0. The lowest BCUT2D eigenvalue weighted by atomic mass is 9.92. The number of anilines is 1. The molecule has 3 heterocycles. The first-order valence-electron chi connectivity index (χ1n) is 9.41. The molecule has 1 aromatic carbocycles. The Morgan fingerprint density at radius 1 is 1.19 bits per heavy atom. The molecule has 1 fully saturated rings. The maximum absolute atomic E-state index is 13.1. The monoisotopic (exact) mass is 385 g/mol. The predicted molar refractivity (Wildman–Crippen MR) is 106 cm³/mol. The molecule has 1 atom stereocenters. The molecule has 0 bridgehead atoms. The maximum atomic E-state index is 13.1. The molecule has 2 aliphatic heterocycles. The van der Waals surface area contributed by atoms with Gasteiger partial charge in [0.1, 0.15) is 5.69 Å². The Bertz CT molecular complexity index is 858. The van der Waals surface area contributed by atoms with Crippen LogP contribution in [0.3, 0.4) is 0 Å². The smallest absolute Gasteiger partial charge is 0.292 e. The predicted octanol–water partition coefficient (Wildman–Crippen LogP) is 4.02. The van der Waals surface area contributed by atoms with Gasteiger partial charge in [0.25, 0.3) is 5.69 Å². The summed E-state index contributed by atoms with van der Waals surface area (Å²) in [5.74, 6) is 0.244. The molecular weight excluding hydrogens is 362 g/mol. The molecule has 7 heteroatoms. The fraction of sp³-hybridized carbons (Fsp3) is 0.450. The number of para-hydroxylation sites is 2. The van der Waals surface area contributed by atoms with E-state index >= 15 is 0 Å². The summed E-state index contributed by atoms with van der Waals surface area (Å²) >= 11 is 1.78. The molecule has 6 nitrogen and oxygen atoms in total. The molecular formula is C20H23N3O3S. The molecule has 0 aliphatic carbocycles. The lowest BCUT2D eigenvalue weighted by Gasteiger charge is -2.39. The molecule has 0 spiro atoms. The third-order valence-corrected chi connectivity index (χ3v) is 6.82. The normalized spacial score (nSPS) is 20.4. The highest BCUT2D eigenvalue weighted by molar-refractivity contribution is 7.10. The highest BCUT2D eigenvalue weighted by Gasteiger charge is 2.35. The van der Waals surface area contributed by atoms with Crippen LogP contribution in [0.25, 0.3) is 0 Å². The summed E-state index contributed by atoms with van der Waals surface area (Å²) in [6.45, 7) is 4.25. The van der Waals surface area contributed by atoms with Gasteiger partial charge in [0.05, 0.1) is 11.0 Å². The number of hydrogen-bond acceptors (Lipinski definition) is 5. The summed E-state index contributed by atoms with van der Waals surface area (Å²) in [4.78, 5) is 29.5. The topological polar surface area (TPSA) is 66.7 Å². The van der Waals surface area contributed by atoms with Gasteiger partial charge in [0.2, 0.25) is 5.91 Å². The largest absolute Gasteiger partial charge is 0.366 e. The SMILES string of the molecule is C[C@@H]1c2ccsc2CCN1C(=O)C1CCN(c2ccccc2[N+](=O)[O-])CC1. The van der Waals surface area contributed by atoms with E-state index in [1.54, 1.807) is 29.5 Å². The number of carbonyl (C=O) groups is 1. The molecule has 27 heavy (non-hydrogen) atoms. The van der Waals surface area contributed by atoms with Crippen molar-refractivity contribution in [3.8, 4) is 0 Å². The standard InChI is InChI=1S/C20H23N3O3S/c1-14-16-9-13-27-19(16)8-12-22(14)20(24)15-6-10-21(11-7-15)17-4-2-3-5-18(17)23(25)26/h2-5,9,13-15H,6-8,10-12H2,1H3/t14-/m1/s1. The van der Waals surface area contributed by atoms with Gasteiger partial charge in [-0.3, -0.25) is 14.9 Å². The third kappa shape index (κ3) is 3.32. The average molecular weight is 385 g/mol. The van der Waals surface area contributed by atoms with Crippen LogP contribution in [0.4, 0.5) is 11.4 Å². The van der Waals surface area contributed by atoms with Crippen LogP contribution in [-0.2, 0) is 11.2 Å². The van der Waals surface area contributed by atoms with Gasteiger partial charge in [0, 0.05) is 36.5 Å². The van der Waals surface area contributed by atoms with Gasteiger partial charge in [-0.25, -0.2) is 0 Å². The van der Waals surface area contributed by atoms with Crippen molar-refractivity contribution in [3.05, 3.63) is 56.3 Å². The van der Waals surface area contributed by atoms with E-state index in [-0.39, 0.29) is 28.5 Å². The third-order valence-electron chi connectivity index (χ3n) is 5.82. The van der Waals surface area contributed by atoms with Crippen LogP contribution in [0.15, 0.2) is 35.7 Å². The Balaban J connectivity index is 1.43. The highest BCUT2D eigenvalue weighted by atomic mass is 32.1. The van der Waals surface area contributed by atoms with E-state index in [0.29, 0.717) is 18.8 Å². The van der Waals surface area contributed by atoms with Crippen molar-refractivity contribution < 1.29 is 9.72 Å². The Kier molecular flexibility index (Phi) is 4.86. The second-order valence-corrected chi connectivity index (χ2v) is 8.26. The van der Waals surface area contributed by atoms with Crippen molar-refractivity contribution in [2.45, 2.75) is 32.2 Å². The lowest BCUT2D eigenvalue weighted by Crippen LogP contribution is -2.45. The number of thiophene rings is 1. The van der Waals surface area contributed by atoms with Crippen molar-refractivity contribution >= 4 is 28.6 Å². The zero-order chi connectivity index (χ0) is 19.0. The van der Waals surface area contributed by atoms with E-state index in [1.807, 2.05) is 15.9 Å². The molecule has 1 saturated heterocycles. The number of piperidine rings is 1. The van der Waals surface area contributed by atoms with Crippen LogP contribution in [-0.4, -0.2) is 35.4 Å². The van der Waals surface area contributed by atoms with E-state index in [2.05, 4.69) is 18.4 Å². The van der Waals surface area contributed by atoms with Gasteiger partial charge in [-0.15, -0.1) is 11.3 Å². The van der Waals surface area contributed by atoms with E-state index in [4.69, 9.17) is 0 Å². The van der Waals surface area contributed by atoms with Gasteiger partial charge < -0.3 is 9.80 Å². The average Bonchev–Trinajstić information content (AvgIpc) is 3.18. The van der Waals surface area contributed by atoms with E-state index < -0.39 is 0 Å². The minimum atomic E-state index is -0.333. The quantitative estimate of drug-likeness (QED) is 0.591. The Morgan fingerprint density at radius 2 is 1.93 bits per heavy atom. The minimum absolute atomic E-state index is 0.00616. The number of amides is 1. The summed E-state index contributed by atoms with van der Waals surface area (Å²) in [6.07, 6.45) is 2.42. The van der Waals surface area contributed by atoms with Gasteiger partial charge >= 0.3 is 0 Å². The number of fused-ring (bicyclic) bond motifs is 1. The van der Waals surface area contributed by atoms with E-state index in [0.717, 1.165) is 25.8 Å². The molecule has 0 radical (unpaired) electrons. The Hall–Kier alpha value is -2.41. The Morgan fingerprint density at radius 3 is 2.67 bits per heavy atom. The first-order valence-corrected chi connectivity index (χ1v) is 10.3. The fourth-order valence-corrected chi connectivity index (χ4v) is 5.26. The molecule has 142 valence electrons. The number of carbonyl (C=O) groups excluding carboxylic acids is 1. The fourth-order valence-electron chi connectivity index (χ4n) is 4.30. The number of nitrogens with zero attached hydrogens (tertiary/aromatic N) is 3.